The molecule has 31 heavy (non-hydrogen) atoms. The minimum absolute atomic E-state index is 0.266. The average Bonchev–Trinajstić information content (AvgIpc) is 3.37. The number of nitrogens with one attached hydrogen (secondary N) is 4. The first-order chi connectivity index (χ1) is 14.9. The highest BCUT2D eigenvalue weighted by Crippen LogP contribution is 2.09. The lowest BCUT2D eigenvalue weighted by Crippen LogP contribution is -2.41. The van der Waals surface area contributed by atoms with E-state index in [-0.39, 0.29) is 11.8 Å². The van der Waals surface area contributed by atoms with Crippen LogP contribution >= 0.6 is 0 Å². The predicted molar refractivity (Wildman–Crippen MR) is 110 cm³/mol. The molecule has 0 saturated heterocycles. The lowest BCUT2D eigenvalue weighted by atomic mass is 10.1. The molecular weight excluding hydrogens is 404 g/mol. The summed E-state index contributed by atoms with van der Waals surface area (Å²) in [5, 5.41) is 0. The third-order valence-corrected chi connectivity index (χ3v) is 4.65. The molecule has 10 heteroatoms. The van der Waals surface area contributed by atoms with Crippen molar-refractivity contribution in [2.75, 3.05) is 0 Å². The van der Waals surface area contributed by atoms with Crippen molar-refractivity contribution in [3.8, 4) is 0 Å². The van der Waals surface area contributed by atoms with Gasteiger partial charge in [-0.25, -0.2) is 0 Å². The van der Waals surface area contributed by atoms with Crippen LogP contribution < -0.4 is 21.7 Å². The number of rotatable bonds is 10. The molecule has 0 aliphatic rings. The van der Waals surface area contributed by atoms with Gasteiger partial charge < -0.3 is 8.83 Å². The van der Waals surface area contributed by atoms with E-state index in [1.807, 2.05) is 0 Å². The second-order valence-electron chi connectivity index (χ2n) is 7.05. The number of carbonyl (C=O) groups excluding carboxylic acids is 4. The van der Waals surface area contributed by atoms with Crippen molar-refractivity contribution < 1.29 is 28.0 Å². The van der Waals surface area contributed by atoms with Gasteiger partial charge in [0.15, 0.2) is 0 Å². The maximum Gasteiger partial charge on any atom is 0.273 e. The molecule has 4 N–H and O–H groups in total. The second kappa shape index (κ2) is 12.2. The van der Waals surface area contributed by atoms with E-state index >= 15 is 0 Å². The monoisotopic (exact) mass is 432 g/mol. The third kappa shape index (κ3) is 8.00. The Morgan fingerprint density at radius 2 is 1.03 bits per heavy atom. The van der Waals surface area contributed by atoms with E-state index in [0.29, 0.717) is 48.3 Å². The van der Waals surface area contributed by atoms with Crippen LogP contribution in [0.3, 0.4) is 0 Å². The summed E-state index contributed by atoms with van der Waals surface area (Å²) in [6, 6.07) is 3.07. The van der Waals surface area contributed by atoms with Crippen molar-refractivity contribution >= 4 is 23.6 Å². The minimum atomic E-state index is -0.422. The molecule has 2 aromatic heterocycles. The molecule has 10 nitrogen and oxygen atoms in total. The van der Waals surface area contributed by atoms with E-state index in [1.54, 1.807) is 13.8 Å². The van der Waals surface area contributed by atoms with Crippen LogP contribution in [-0.2, 0) is 9.59 Å². The van der Waals surface area contributed by atoms with Crippen LogP contribution in [0.2, 0.25) is 0 Å². The quantitative estimate of drug-likeness (QED) is 0.335. The fourth-order valence-electron chi connectivity index (χ4n) is 2.86. The molecule has 0 saturated carbocycles. The maximum absolute atomic E-state index is 11.8. The summed E-state index contributed by atoms with van der Waals surface area (Å²) in [7, 11) is 0. The number of amides is 4. The number of carbonyl (C=O) groups is 4. The van der Waals surface area contributed by atoms with Gasteiger partial charge in [-0.15, -0.1) is 0 Å². The summed E-state index contributed by atoms with van der Waals surface area (Å²) in [5.74, 6) is -0.412. The predicted octanol–water partition coefficient (Wildman–Crippen LogP) is 2.44. The summed E-state index contributed by atoms with van der Waals surface area (Å²) < 4.78 is 10.1. The molecular formula is C21H28N4O6. The second-order valence-corrected chi connectivity index (χ2v) is 7.05. The molecule has 2 heterocycles. The Labute approximate surface area is 180 Å². The van der Waals surface area contributed by atoms with Crippen LogP contribution in [0.4, 0.5) is 0 Å². The Bertz CT molecular complexity index is 829. The van der Waals surface area contributed by atoms with Gasteiger partial charge in [-0.05, 0) is 38.8 Å². The Hall–Kier alpha value is -3.56. The first-order valence-corrected chi connectivity index (χ1v) is 10.1. The first-order valence-electron chi connectivity index (χ1n) is 10.1. The van der Waals surface area contributed by atoms with Gasteiger partial charge in [0, 0.05) is 12.8 Å². The first kappa shape index (κ1) is 23.7. The highest BCUT2D eigenvalue weighted by atomic mass is 16.3. The van der Waals surface area contributed by atoms with Crippen LogP contribution in [0.1, 0.15) is 77.2 Å². The summed E-state index contributed by atoms with van der Waals surface area (Å²) in [6.45, 7) is 3.33. The van der Waals surface area contributed by atoms with E-state index in [9.17, 15) is 19.2 Å². The molecule has 0 aliphatic heterocycles. The normalized spacial score (nSPS) is 10.4. The van der Waals surface area contributed by atoms with E-state index in [4.69, 9.17) is 8.83 Å². The van der Waals surface area contributed by atoms with Gasteiger partial charge in [0.25, 0.3) is 11.8 Å². The smallest absolute Gasteiger partial charge is 0.273 e. The lowest BCUT2D eigenvalue weighted by molar-refractivity contribution is -0.122. The standard InChI is InChI=1S/C21H28N4O6/c1-14-16(10-12-30-14)20(28)24-22-18(26)8-6-4-3-5-7-9-19(27)23-25-21(29)17-11-13-31-15(17)2/h10-13H,3-9H2,1-2H3,(H,22,26)(H,23,27)(H,24,28)(H,25,29). The van der Waals surface area contributed by atoms with Gasteiger partial charge in [0.05, 0.1) is 23.7 Å². The highest BCUT2D eigenvalue weighted by molar-refractivity contribution is 5.96. The molecule has 0 unspecified atom stereocenters. The average molecular weight is 432 g/mol. The van der Waals surface area contributed by atoms with Crippen molar-refractivity contribution in [2.24, 2.45) is 0 Å². The Kier molecular flexibility index (Phi) is 9.34. The SMILES string of the molecule is Cc1occc1C(=O)NNC(=O)CCCCCCCC(=O)NNC(=O)c1ccoc1C. The van der Waals surface area contributed by atoms with Crippen LogP contribution in [0.25, 0.3) is 0 Å². The molecule has 2 rings (SSSR count). The molecule has 2 aromatic rings. The van der Waals surface area contributed by atoms with Crippen LogP contribution in [0.5, 0.6) is 0 Å². The summed E-state index contributed by atoms with van der Waals surface area (Å²) in [6.07, 6.45) is 7.32. The lowest BCUT2D eigenvalue weighted by Gasteiger charge is -2.07. The van der Waals surface area contributed by atoms with Gasteiger partial charge in [0.2, 0.25) is 11.8 Å². The fraction of sp³-hybridized carbons (Fsp3) is 0.429. The Morgan fingerprint density at radius 3 is 1.39 bits per heavy atom. The van der Waals surface area contributed by atoms with Gasteiger partial charge >= 0.3 is 0 Å². The number of aryl methyl sites for hydroxylation is 2. The van der Waals surface area contributed by atoms with Crippen LogP contribution in [-0.4, -0.2) is 23.6 Å². The molecule has 168 valence electrons. The Morgan fingerprint density at radius 1 is 0.645 bits per heavy atom. The van der Waals surface area contributed by atoms with Gasteiger partial charge in [-0.1, -0.05) is 19.3 Å². The summed E-state index contributed by atoms with van der Waals surface area (Å²) in [5.41, 5.74) is 10.2. The van der Waals surface area contributed by atoms with Crippen LogP contribution in [0.15, 0.2) is 33.5 Å². The molecule has 0 atom stereocenters. The van der Waals surface area contributed by atoms with E-state index in [0.717, 1.165) is 19.3 Å². The number of hydrogen-bond donors (Lipinski definition) is 4. The Balaban J connectivity index is 1.46. The van der Waals surface area contributed by atoms with Gasteiger partial charge in [0.1, 0.15) is 11.5 Å². The molecule has 0 bridgehead atoms. The number of hydrogen-bond acceptors (Lipinski definition) is 6. The summed E-state index contributed by atoms with van der Waals surface area (Å²) in [4.78, 5) is 47.2. The van der Waals surface area contributed by atoms with Crippen molar-refractivity contribution in [3.63, 3.8) is 0 Å². The molecule has 0 aromatic carbocycles. The fourth-order valence-corrected chi connectivity index (χ4v) is 2.86. The largest absolute Gasteiger partial charge is 0.469 e. The molecule has 4 amide bonds. The number of hydrazine groups is 2. The van der Waals surface area contributed by atoms with Gasteiger partial charge in [-0.3, -0.25) is 40.9 Å². The molecule has 0 spiro atoms. The highest BCUT2D eigenvalue weighted by Gasteiger charge is 2.13. The van der Waals surface area contributed by atoms with Crippen molar-refractivity contribution in [2.45, 2.75) is 58.8 Å². The van der Waals surface area contributed by atoms with Crippen molar-refractivity contribution in [1.82, 2.24) is 21.7 Å². The van der Waals surface area contributed by atoms with Crippen molar-refractivity contribution in [3.05, 3.63) is 47.3 Å². The zero-order valence-electron chi connectivity index (χ0n) is 17.7. The minimum Gasteiger partial charge on any atom is -0.469 e. The molecule has 0 aliphatic carbocycles. The number of unbranched alkanes of at least 4 members (excludes halogenated alkanes) is 4. The van der Waals surface area contributed by atoms with Crippen molar-refractivity contribution in [1.29, 1.82) is 0 Å². The van der Waals surface area contributed by atoms with E-state index in [1.165, 1.54) is 24.7 Å². The zero-order valence-corrected chi connectivity index (χ0v) is 17.7. The third-order valence-electron chi connectivity index (χ3n) is 4.65. The number of furan rings is 2. The topological polar surface area (TPSA) is 143 Å². The van der Waals surface area contributed by atoms with E-state index < -0.39 is 11.8 Å². The molecule has 0 radical (unpaired) electrons. The van der Waals surface area contributed by atoms with E-state index in [2.05, 4.69) is 21.7 Å². The maximum atomic E-state index is 11.8. The summed E-state index contributed by atoms with van der Waals surface area (Å²) >= 11 is 0. The zero-order chi connectivity index (χ0) is 22.6. The molecule has 0 fully saturated rings. The van der Waals surface area contributed by atoms with Crippen LogP contribution in [0, 0.1) is 13.8 Å². The van der Waals surface area contributed by atoms with Gasteiger partial charge in [-0.2, -0.15) is 0 Å².